The van der Waals surface area contributed by atoms with Gasteiger partial charge in [0.15, 0.2) is 16.3 Å². The van der Waals surface area contributed by atoms with Crippen LogP contribution in [0.5, 0.6) is 11.5 Å². The first-order chi connectivity index (χ1) is 19.8. The van der Waals surface area contributed by atoms with Crippen molar-refractivity contribution in [2.24, 2.45) is 4.99 Å². The van der Waals surface area contributed by atoms with Gasteiger partial charge in [0.25, 0.3) is 5.56 Å². The molecule has 0 fully saturated rings. The fourth-order valence-electron chi connectivity index (χ4n) is 4.54. The lowest BCUT2D eigenvalue weighted by atomic mass is 9.96. The molecule has 0 spiro atoms. The van der Waals surface area contributed by atoms with E-state index in [1.807, 2.05) is 30.3 Å². The van der Waals surface area contributed by atoms with E-state index in [4.69, 9.17) is 37.4 Å². The Hall–Kier alpha value is -3.85. The van der Waals surface area contributed by atoms with Gasteiger partial charge >= 0.3 is 5.97 Å². The van der Waals surface area contributed by atoms with E-state index in [0.29, 0.717) is 48.8 Å². The molecule has 0 bridgehead atoms. The molecular weight excluding hydrogens is 583 g/mol. The van der Waals surface area contributed by atoms with Crippen LogP contribution in [0.2, 0.25) is 10.0 Å². The van der Waals surface area contributed by atoms with Gasteiger partial charge in [-0.25, -0.2) is 9.79 Å². The molecular formula is C31H26Cl2N2O5S. The number of aromatic nitrogens is 1. The molecule has 3 aromatic carbocycles. The van der Waals surface area contributed by atoms with Crippen molar-refractivity contribution in [1.29, 1.82) is 0 Å². The van der Waals surface area contributed by atoms with E-state index in [-0.39, 0.29) is 12.2 Å². The first-order valence-electron chi connectivity index (χ1n) is 12.8. The van der Waals surface area contributed by atoms with Gasteiger partial charge in [-0.1, -0.05) is 64.9 Å². The average Bonchev–Trinajstić information content (AvgIpc) is 3.26. The number of ether oxygens (including phenoxy) is 3. The number of hydrogen-bond donors (Lipinski definition) is 0. The van der Waals surface area contributed by atoms with Crippen LogP contribution in [0.25, 0.3) is 6.08 Å². The second-order valence-electron chi connectivity index (χ2n) is 9.18. The van der Waals surface area contributed by atoms with Gasteiger partial charge in [0.1, 0.15) is 6.61 Å². The third kappa shape index (κ3) is 6.10. The first kappa shape index (κ1) is 28.7. The molecule has 1 unspecified atom stereocenters. The number of carbonyl (C=O) groups excluding carboxylic acids is 1. The maximum absolute atomic E-state index is 13.8. The van der Waals surface area contributed by atoms with Crippen molar-refractivity contribution < 1.29 is 19.0 Å². The minimum Gasteiger partial charge on any atom is -0.493 e. The van der Waals surface area contributed by atoms with Gasteiger partial charge in [0.05, 0.1) is 35.6 Å². The Morgan fingerprint density at radius 1 is 1.02 bits per heavy atom. The molecule has 1 aliphatic rings. The van der Waals surface area contributed by atoms with E-state index in [1.54, 1.807) is 68.0 Å². The summed E-state index contributed by atoms with van der Waals surface area (Å²) in [5.41, 5.74) is 2.98. The highest BCUT2D eigenvalue weighted by molar-refractivity contribution is 7.07. The number of nitrogens with zero attached hydrogens (tertiary/aromatic N) is 2. The van der Waals surface area contributed by atoms with Crippen molar-refractivity contribution >= 4 is 46.6 Å². The molecule has 210 valence electrons. The second-order valence-corrected chi connectivity index (χ2v) is 11.1. The molecule has 0 amide bonds. The monoisotopic (exact) mass is 608 g/mol. The number of carbonyl (C=O) groups is 1. The zero-order chi connectivity index (χ0) is 29.1. The van der Waals surface area contributed by atoms with E-state index in [0.717, 1.165) is 16.7 Å². The van der Waals surface area contributed by atoms with Crippen LogP contribution < -0.4 is 24.4 Å². The highest BCUT2D eigenvalue weighted by Crippen LogP contribution is 2.32. The van der Waals surface area contributed by atoms with Gasteiger partial charge in [-0.3, -0.25) is 9.36 Å². The van der Waals surface area contributed by atoms with Crippen LogP contribution in [0, 0.1) is 0 Å². The van der Waals surface area contributed by atoms with E-state index in [9.17, 15) is 9.59 Å². The van der Waals surface area contributed by atoms with Crippen LogP contribution >= 0.6 is 34.5 Å². The molecule has 7 nitrogen and oxygen atoms in total. The van der Waals surface area contributed by atoms with Crippen LogP contribution in [0.3, 0.4) is 0 Å². The number of thiazole rings is 1. The van der Waals surface area contributed by atoms with E-state index >= 15 is 0 Å². The molecule has 1 aliphatic heterocycles. The summed E-state index contributed by atoms with van der Waals surface area (Å²) in [6.07, 6.45) is 1.78. The normalized spacial score (nSPS) is 14.9. The highest BCUT2D eigenvalue weighted by atomic mass is 35.5. The number of benzene rings is 3. The Labute approximate surface area is 250 Å². The summed E-state index contributed by atoms with van der Waals surface area (Å²) in [4.78, 5) is 31.9. The second kappa shape index (κ2) is 12.3. The summed E-state index contributed by atoms with van der Waals surface area (Å²) < 4.78 is 18.9. The maximum atomic E-state index is 13.8. The number of hydrogen-bond acceptors (Lipinski definition) is 7. The zero-order valence-corrected chi connectivity index (χ0v) is 24.8. The fraction of sp³-hybridized carbons (Fsp3) is 0.194. The summed E-state index contributed by atoms with van der Waals surface area (Å²) >= 11 is 13.3. The lowest BCUT2D eigenvalue weighted by Gasteiger charge is -2.24. The molecule has 5 rings (SSSR count). The molecule has 4 aromatic rings. The maximum Gasteiger partial charge on any atom is 0.338 e. The zero-order valence-electron chi connectivity index (χ0n) is 22.5. The van der Waals surface area contributed by atoms with Gasteiger partial charge in [0.2, 0.25) is 0 Å². The SMILES string of the molecule is CCOC(=O)C1=C(C)N=c2sc(=Cc3ccc(OCc4ccc(Cl)cc4)c(OC)c3)c(=O)n2C1c1ccc(Cl)cc1. The third-order valence-electron chi connectivity index (χ3n) is 6.50. The standard InChI is InChI=1S/C31H26Cl2N2O5S/c1-4-39-30(37)27-18(2)34-31-35(28(27)21-8-12-23(33)13-9-21)29(36)26(41-31)16-20-7-14-24(25(15-20)38-3)40-17-19-5-10-22(32)11-6-19/h5-16,28H,4,17H2,1-3H3. The van der Waals surface area contributed by atoms with Gasteiger partial charge in [-0.05, 0) is 73.0 Å². The van der Waals surface area contributed by atoms with E-state index in [2.05, 4.69) is 4.99 Å². The predicted octanol–water partition coefficient (Wildman–Crippen LogP) is 5.69. The van der Waals surface area contributed by atoms with Gasteiger partial charge in [0, 0.05) is 10.0 Å². The largest absolute Gasteiger partial charge is 0.493 e. The van der Waals surface area contributed by atoms with Crippen molar-refractivity contribution in [1.82, 2.24) is 4.57 Å². The van der Waals surface area contributed by atoms with Crippen molar-refractivity contribution in [2.45, 2.75) is 26.5 Å². The molecule has 0 saturated carbocycles. The Morgan fingerprint density at radius 2 is 1.71 bits per heavy atom. The van der Waals surface area contributed by atoms with Crippen molar-refractivity contribution in [2.75, 3.05) is 13.7 Å². The third-order valence-corrected chi connectivity index (χ3v) is 7.98. The Kier molecular flexibility index (Phi) is 8.63. The van der Waals surface area contributed by atoms with Gasteiger partial charge in [-0.15, -0.1) is 0 Å². The minimum absolute atomic E-state index is 0.203. The number of halogens is 2. The van der Waals surface area contributed by atoms with Gasteiger partial charge in [-0.2, -0.15) is 0 Å². The van der Waals surface area contributed by atoms with E-state index < -0.39 is 12.0 Å². The Morgan fingerprint density at radius 3 is 2.37 bits per heavy atom. The lowest BCUT2D eigenvalue weighted by Crippen LogP contribution is -2.39. The highest BCUT2D eigenvalue weighted by Gasteiger charge is 2.33. The van der Waals surface area contributed by atoms with E-state index in [1.165, 1.54) is 11.3 Å². The number of fused-ring (bicyclic) bond motifs is 1. The molecule has 41 heavy (non-hydrogen) atoms. The number of allylic oxidation sites excluding steroid dienone is 1. The quantitative estimate of drug-likeness (QED) is 0.240. The lowest BCUT2D eigenvalue weighted by molar-refractivity contribution is -0.139. The molecule has 2 heterocycles. The number of rotatable bonds is 8. The van der Waals surface area contributed by atoms with Crippen LogP contribution in [0.15, 0.2) is 87.8 Å². The molecule has 10 heteroatoms. The van der Waals surface area contributed by atoms with Crippen molar-refractivity contribution in [3.05, 3.63) is 124 Å². The topological polar surface area (TPSA) is 79.1 Å². The van der Waals surface area contributed by atoms with Crippen molar-refractivity contribution in [3.63, 3.8) is 0 Å². The predicted molar refractivity (Wildman–Crippen MR) is 161 cm³/mol. The molecule has 0 aliphatic carbocycles. The Bertz CT molecular complexity index is 1810. The Balaban J connectivity index is 1.53. The molecule has 0 radical (unpaired) electrons. The van der Waals surface area contributed by atoms with Crippen LogP contribution in [0.1, 0.15) is 36.6 Å². The molecule has 1 aromatic heterocycles. The summed E-state index contributed by atoms with van der Waals surface area (Å²) in [6.45, 7) is 4.04. The molecule has 0 N–H and O–H groups in total. The number of esters is 1. The van der Waals surface area contributed by atoms with Crippen LogP contribution in [0.4, 0.5) is 0 Å². The van der Waals surface area contributed by atoms with Crippen molar-refractivity contribution in [3.8, 4) is 11.5 Å². The summed E-state index contributed by atoms with van der Waals surface area (Å²) in [7, 11) is 1.56. The number of methoxy groups -OCH3 is 1. The first-order valence-corrected chi connectivity index (χ1v) is 14.4. The average molecular weight is 610 g/mol. The minimum atomic E-state index is -0.706. The molecule has 1 atom stereocenters. The summed E-state index contributed by atoms with van der Waals surface area (Å²) in [5, 5.41) is 1.21. The van der Waals surface area contributed by atoms with Crippen LogP contribution in [-0.4, -0.2) is 24.3 Å². The van der Waals surface area contributed by atoms with Gasteiger partial charge < -0.3 is 14.2 Å². The van der Waals surface area contributed by atoms with Crippen LogP contribution in [-0.2, 0) is 16.1 Å². The smallest absolute Gasteiger partial charge is 0.338 e. The summed E-state index contributed by atoms with van der Waals surface area (Å²) in [6, 6.07) is 19.2. The fourth-order valence-corrected chi connectivity index (χ4v) is 5.84. The molecule has 0 saturated heterocycles. The summed E-state index contributed by atoms with van der Waals surface area (Å²) in [5.74, 6) is 0.584.